The average Bonchev–Trinajstić information content (AvgIpc) is 3.11. The summed E-state index contributed by atoms with van der Waals surface area (Å²) < 4.78 is 40.9. The van der Waals surface area contributed by atoms with Crippen molar-refractivity contribution in [1.82, 2.24) is 15.3 Å². The predicted octanol–water partition coefficient (Wildman–Crippen LogP) is 3.07. The van der Waals surface area contributed by atoms with Gasteiger partial charge in [0, 0.05) is 0 Å². The van der Waals surface area contributed by atoms with E-state index < -0.39 is 31.2 Å². The van der Waals surface area contributed by atoms with Gasteiger partial charge in [-0.15, -0.1) is 23.1 Å². The van der Waals surface area contributed by atoms with Crippen LogP contribution in [0.1, 0.15) is 16.1 Å². The van der Waals surface area contributed by atoms with Crippen molar-refractivity contribution in [1.29, 1.82) is 0 Å². The van der Waals surface area contributed by atoms with Crippen molar-refractivity contribution in [3.63, 3.8) is 0 Å². The monoisotopic (exact) mass is 405 g/mol. The summed E-state index contributed by atoms with van der Waals surface area (Å²) in [6.45, 7) is -0.717. The number of aryl methyl sites for hydroxylation is 1. The van der Waals surface area contributed by atoms with E-state index in [2.05, 4.69) is 9.97 Å². The van der Waals surface area contributed by atoms with Crippen LogP contribution in [0.3, 0.4) is 0 Å². The highest BCUT2D eigenvalue weighted by Crippen LogP contribution is 2.27. The lowest BCUT2D eigenvalue weighted by Gasteiger charge is -2.12. The molecule has 11 heteroatoms. The first-order valence-corrected chi connectivity index (χ1v) is 9.29. The van der Waals surface area contributed by atoms with Crippen LogP contribution in [0.25, 0.3) is 10.7 Å². The molecule has 0 atom stereocenters. The average molecular weight is 405 g/mol. The van der Waals surface area contributed by atoms with Gasteiger partial charge in [-0.3, -0.25) is 4.79 Å². The van der Waals surface area contributed by atoms with E-state index in [9.17, 15) is 22.8 Å². The zero-order chi connectivity index (χ0) is 19.3. The first-order chi connectivity index (χ1) is 12.2. The van der Waals surface area contributed by atoms with Crippen molar-refractivity contribution < 1.29 is 27.5 Å². The number of aromatic nitrogens is 2. The lowest BCUT2D eigenvalue weighted by Crippen LogP contribution is -2.36. The van der Waals surface area contributed by atoms with Crippen LogP contribution in [-0.2, 0) is 9.53 Å². The van der Waals surface area contributed by atoms with Crippen molar-refractivity contribution in [3.8, 4) is 10.7 Å². The zero-order valence-electron chi connectivity index (χ0n) is 13.7. The van der Waals surface area contributed by atoms with E-state index in [-0.39, 0.29) is 5.56 Å². The second kappa shape index (κ2) is 8.49. The summed E-state index contributed by atoms with van der Waals surface area (Å²) in [5.41, 5.74) is 0.440. The summed E-state index contributed by atoms with van der Waals surface area (Å²) in [7, 11) is 0. The Bertz CT molecular complexity index is 795. The number of rotatable bonds is 6. The minimum Gasteiger partial charge on any atom is -0.452 e. The van der Waals surface area contributed by atoms with Crippen LogP contribution in [0.4, 0.5) is 13.2 Å². The molecule has 6 nitrogen and oxygen atoms in total. The Morgan fingerprint density at radius 1 is 1.35 bits per heavy atom. The summed E-state index contributed by atoms with van der Waals surface area (Å²) in [4.78, 5) is 33.0. The maximum absolute atomic E-state index is 12.2. The van der Waals surface area contributed by atoms with Gasteiger partial charge >= 0.3 is 12.1 Å². The van der Waals surface area contributed by atoms with E-state index in [0.717, 1.165) is 4.88 Å². The number of nitrogens with zero attached hydrogens (tertiary/aromatic N) is 2. The van der Waals surface area contributed by atoms with Gasteiger partial charge in [0.05, 0.1) is 10.6 Å². The maximum atomic E-state index is 12.2. The molecule has 0 aliphatic heterocycles. The standard InChI is InChI=1S/C15H14F3N3O3S2/c1-8-11(14(23)24-6-10(22)19-7-15(16,17)18)13(25-2)21-12(20-8)9-4-3-5-26-9/h3-5H,6-7H2,1-2H3,(H,19,22). The van der Waals surface area contributed by atoms with E-state index in [1.165, 1.54) is 23.1 Å². The van der Waals surface area contributed by atoms with Gasteiger partial charge in [-0.2, -0.15) is 13.2 Å². The molecule has 0 aromatic carbocycles. The molecule has 0 saturated carbocycles. The van der Waals surface area contributed by atoms with Crippen LogP contribution >= 0.6 is 23.1 Å². The van der Waals surface area contributed by atoms with Crippen molar-refractivity contribution >= 4 is 35.0 Å². The topological polar surface area (TPSA) is 81.2 Å². The summed E-state index contributed by atoms with van der Waals surface area (Å²) >= 11 is 2.65. The second-order valence-corrected chi connectivity index (χ2v) is 6.70. The number of amides is 1. The molecule has 0 unspecified atom stereocenters. The molecule has 2 heterocycles. The SMILES string of the molecule is CSc1nc(-c2cccs2)nc(C)c1C(=O)OCC(=O)NCC(F)(F)F. The molecular formula is C15H14F3N3O3S2. The van der Waals surface area contributed by atoms with Crippen LogP contribution in [0, 0.1) is 6.92 Å². The van der Waals surface area contributed by atoms with Crippen molar-refractivity contribution in [3.05, 3.63) is 28.8 Å². The molecule has 0 aliphatic carbocycles. The third-order valence-corrected chi connectivity index (χ3v) is 4.56. The van der Waals surface area contributed by atoms with Gasteiger partial charge in [0.1, 0.15) is 17.1 Å². The molecule has 2 rings (SSSR count). The number of carbonyl (C=O) groups excluding carboxylic acids is 2. The maximum Gasteiger partial charge on any atom is 0.405 e. The molecule has 26 heavy (non-hydrogen) atoms. The Balaban J connectivity index is 2.10. The fourth-order valence-corrected chi connectivity index (χ4v) is 3.17. The minimum absolute atomic E-state index is 0.0847. The normalized spacial score (nSPS) is 11.3. The van der Waals surface area contributed by atoms with E-state index in [4.69, 9.17) is 4.74 Å². The van der Waals surface area contributed by atoms with Crippen molar-refractivity contribution in [2.75, 3.05) is 19.4 Å². The van der Waals surface area contributed by atoms with Crippen molar-refractivity contribution in [2.24, 2.45) is 0 Å². The fourth-order valence-electron chi connectivity index (χ4n) is 1.90. The van der Waals surface area contributed by atoms with E-state index in [1.54, 1.807) is 18.5 Å². The van der Waals surface area contributed by atoms with Gasteiger partial charge in [-0.05, 0) is 24.6 Å². The summed E-state index contributed by atoms with van der Waals surface area (Å²) in [5, 5.41) is 3.86. The third-order valence-electron chi connectivity index (χ3n) is 3.02. The van der Waals surface area contributed by atoms with E-state index in [1.807, 2.05) is 17.5 Å². The van der Waals surface area contributed by atoms with Crippen LogP contribution in [0.15, 0.2) is 22.5 Å². The number of thiophene rings is 1. The van der Waals surface area contributed by atoms with Gasteiger partial charge in [0.2, 0.25) is 0 Å². The first kappa shape index (κ1) is 20.2. The number of esters is 1. The van der Waals surface area contributed by atoms with Crippen LogP contribution in [-0.4, -0.2) is 47.4 Å². The molecule has 1 amide bonds. The number of hydrogen-bond donors (Lipinski definition) is 1. The number of alkyl halides is 3. The fraction of sp³-hybridized carbons (Fsp3) is 0.333. The Labute approximate surface area is 155 Å². The highest BCUT2D eigenvalue weighted by Gasteiger charge is 2.28. The van der Waals surface area contributed by atoms with Gasteiger partial charge in [-0.25, -0.2) is 14.8 Å². The van der Waals surface area contributed by atoms with Gasteiger partial charge in [0.15, 0.2) is 12.4 Å². The van der Waals surface area contributed by atoms with Crippen LogP contribution < -0.4 is 5.32 Å². The highest BCUT2D eigenvalue weighted by atomic mass is 32.2. The number of halogens is 3. The van der Waals surface area contributed by atoms with E-state index >= 15 is 0 Å². The summed E-state index contributed by atoms with van der Waals surface area (Å²) in [6, 6.07) is 3.69. The summed E-state index contributed by atoms with van der Waals surface area (Å²) in [5.74, 6) is -1.46. The van der Waals surface area contributed by atoms with Crippen molar-refractivity contribution in [2.45, 2.75) is 18.1 Å². The molecule has 140 valence electrons. The van der Waals surface area contributed by atoms with Gasteiger partial charge < -0.3 is 10.1 Å². The molecular weight excluding hydrogens is 391 g/mol. The number of carbonyl (C=O) groups is 2. The van der Waals surface area contributed by atoms with Crippen LogP contribution in [0.5, 0.6) is 0 Å². The van der Waals surface area contributed by atoms with Gasteiger partial charge in [-0.1, -0.05) is 6.07 Å². The molecule has 0 fully saturated rings. The number of thioether (sulfide) groups is 1. The predicted molar refractivity (Wildman–Crippen MR) is 91.2 cm³/mol. The zero-order valence-corrected chi connectivity index (χ0v) is 15.3. The third kappa shape index (κ3) is 5.43. The van der Waals surface area contributed by atoms with E-state index in [0.29, 0.717) is 16.5 Å². The number of nitrogens with one attached hydrogen (secondary N) is 1. The Morgan fingerprint density at radius 2 is 2.08 bits per heavy atom. The molecule has 0 bridgehead atoms. The number of hydrogen-bond acceptors (Lipinski definition) is 7. The quantitative estimate of drug-likeness (QED) is 0.452. The van der Waals surface area contributed by atoms with Crippen LogP contribution in [0.2, 0.25) is 0 Å². The Morgan fingerprint density at radius 3 is 2.65 bits per heavy atom. The highest BCUT2D eigenvalue weighted by molar-refractivity contribution is 7.98. The smallest absolute Gasteiger partial charge is 0.405 e. The molecule has 0 spiro atoms. The Kier molecular flexibility index (Phi) is 6.59. The number of ether oxygens (including phenoxy) is 1. The first-order valence-electron chi connectivity index (χ1n) is 7.18. The largest absolute Gasteiger partial charge is 0.452 e. The molecule has 2 aromatic rings. The van der Waals surface area contributed by atoms with Gasteiger partial charge in [0.25, 0.3) is 5.91 Å². The molecule has 2 aromatic heterocycles. The summed E-state index contributed by atoms with van der Waals surface area (Å²) in [6.07, 6.45) is -2.82. The molecule has 0 saturated heterocycles. The lowest BCUT2D eigenvalue weighted by molar-refractivity contribution is -0.140. The lowest BCUT2D eigenvalue weighted by atomic mass is 10.2. The second-order valence-electron chi connectivity index (χ2n) is 4.96. The molecule has 0 radical (unpaired) electrons. The Hall–Kier alpha value is -2.14. The minimum atomic E-state index is -4.53. The molecule has 0 aliphatic rings. The molecule has 1 N–H and O–H groups in total.